The molecule has 82 valence electrons. The number of methoxy groups -OCH3 is 1. The molecule has 5 nitrogen and oxygen atoms in total. The van der Waals surface area contributed by atoms with E-state index in [1.54, 1.807) is 7.11 Å². The van der Waals surface area contributed by atoms with E-state index >= 15 is 0 Å². The molecule has 0 radical (unpaired) electrons. The third-order valence-electron chi connectivity index (χ3n) is 2.31. The van der Waals surface area contributed by atoms with Crippen LogP contribution in [0.25, 0.3) is 0 Å². The van der Waals surface area contributed by atoms with Gasteiger partial charge in [0.05, 0.1) is 12.1 Å². The van der Waals surface area contributed by atoms with Crippen LogP contribution in [-0.4, -0.2) is 23.2 Å². The summed E-state index contributed by atoms with van der Waals surface area (Å²) in [4.78, 5) is 14.7. The highest BCUT2D eigenvalue weighted by Crippen LogP contribution is 2.42. The molecule has 15 heavy (non-hydrogen) atoms. The number of nitrogens with zero attached hydrogens (tertiary/aromatic N) is 1. The fourth-order valence-corrected chi connectivity index (χ4v) is 1.53. The number of carbonyl (C=O) groups is 1. The van der Waals surface area contributed by atoms with E-state index in [9.17, 15) is 4.79 Å². The zero-order chi connectivity index (χ0) is 10.8. The molecule has 1 fully saturated rings. The van der Waals surface area contributed by atoms with Crippen LogP contribution in [-0.2, 0) is 22.6 Å². The highest BCUT2D eigenvalue weighted by molar-refractivity contribution is 5.69. The summed E-state index contributed by atoms with van der Waals surface area (Å²) in [5.74, 6) is 0.701. The van der Waals surface area contributed by atoms with Gasteiger partial charge in [-0.05, 0) is 12.8 Å². The minimum absolute atomic E-state index is 0.0704. The first-order valence-electron chi connectivity index (χ1n) is 4.90. The molecule has 1 aromatic heterocycles. The van der Waals surface area contributed by atoms with Gasteiger partial charge in [0.25, 0.3) is 0 Å². The SMILES string of the molecule is COCc1nc(CC(=O)O)c(C2CC2)o1. The number of hydrogen-bond donors (Lipinski definition) is 1. The van der Waals surface area contributed by atoms with E-state index in [0.29, 0.717) is 24.1 Å². The topological polar surface area (TPSA) is 72.6 Å². The summed E-state index contributed by atoms with van der Waals surface area (Å²) in [5, 5.41) is 8.72. The van der Waals surface area contributed by atoms with Crippen molar-refractivity contribution in [2.75, 3.05) is 7.11 Å². The highest BCUT2D eigenvalue weighted by Gasteiger charge is 2.31. The molecule has 0 saturated heterocycles. The molecule has 0 unspecified atom stereocenters. The zero-order valence-corrected chi connectivity index (χ0v) is 8.52. The van der Waals surface area contributed by atoms with Gasteiger partial charge in [0.1, 0.15) is 12.4 Å². The van der Waals surface area contributed by atoms with Gasteiger partial charge in [-0.25, -0.2) is 4.98 Å². The number of carboxylic acids is 1. The van der Waals surface area contributed by atoms with Gasteiger partial charge in [0.2, 0.25) is 5.89 Å². The fraction of sp³-hybridized carbons (Fsp3) is 0.600. The number of oxazole rings is 1. The summed E-state index contributed by atoms with van der Waals surface area (Å²) in [5.41, 5.74) is 0.553. The molecule has 1 aromatic rings. The molecule has 5 heteroatoms. The average molecular weight is 211 g/mol. The van der Waals surface area contributed by atoms with Crippen molar-refractivity contribution in [2.45, 2.75) is 31.8 Å². The van der Waals surface area contributed by atoms with Crippen LogP contribution in [0.1, 0.15) is 36.1 Å². The second-order valence-corrected chi connectivity index (χ2v) is 3.70. The molecule has 1 N–H and O–H groups in total. The zero-order valence-electron chi connectivity index (χ0n) is 8.52. The first-order valence-corrected chi connectivity index (χ1v) is 4.90. The van der Waals surface area contributed by atoms with Crippen molar-refractivity contribution in [3.8, 4) is 0 Å². The maximum atomic E-state index is 10.6. The van der Waals surface area contributed by atoms with E-state index in [-0.39, 0.29) is 6.42 Å². The Balaban J connectivity index is 2.20. The van der Waals surface area contributed by atoms with E-state index in [1.165, 1.54) is 0 Å². The van der Waals surface area contributed by atoms with Gasteiger partial charge in [0, 0.05) is 13.0 Å². The van der Waals surface area contributed by atoms with Crippen molar-refractivity contribution in [2.24, 2.45) is 0 Å². The second-order valence-electron chi connectivity index (χ2n) is 3.70. The van der Waals surface area contributed by atoms with Crippen LogP contribution < -0.4 is 0 Å². The highest BCUT2D eigenvalue weighted by atomic mass is 16.5. The molecule has 0 spiro atoms. The predicted molar refractivity (Wildman–Crippen MR) is 50.5 cm³/mol. The van der Waals surface area contributed by atoms with E-state index in [0.717, 1.165) is 18.6 Å². The maximum absolute atomic E-state index is 10.6. The summed E-state index contributed by atoms with van der Waals surface area (Å²) in [6.45, 7) is 0.291. The van der Waals surface area contributed by atoms with Gasteiger partial charge in [-0.15, -0.1) is 0 Å². The first kappa shape index (κ1) is 10.2. The van der Waals surface area contributed by atoms with Crippen LogP contribution in [0.15, 0.2) is 4.42 Å². The number of hydrogen-bond acceptors (Lipinski definition) is 4. The van der Waals surface area contributed by atoms with Crippen LogP contribution >= 0.6 is 0 Å². The van der Waals surface area contributed by atoms with E-state index in [4.69, 9.17) is 14.3 Å². The van der Waals surface area contributed by atoms with Gasteiger partial charge >= 0.3 is 5.97 Å². The van der Waals surface area contributed by atoms with Crippen molar-refractivity contribution >= 4 is 5.97 Å². The Labute approximate surface area is 87.1 Å². The summed E-state index contributed by atoms with van der Waals surface area (Å²) < 4.78 is 10.4. The Morgan fingerprint density at radius 2 is 2.40 bits per heavy atom. The lowest BCUT2D eigenvalue weighted by Crippen LogP contribution is -2.02. The fourth-order valence-electron chi connectivity index (χ4n) is 1.53. The minimum Gasteiger partial charge on any atom is -0.481 e. The van der Waals surface area contributed by atoms with Crippen molar-refractivity contribution in [1.29, 1.82) is 0 Å². The Morgan fingerprint density at radius 1 is 1.67 bits per heavy atom. The molecule has 2 rings (SSSR count). The lowest BCUT2D eigenvalue weighted by molar-refractivity contribution is -0.136. The summed E-state index contributed by atoms with van der Waals surface area (Å²) in [6.07, 6.45) is 2.06. The molecule has 1 saturated carbocycles. The predicted octanol–water partition coefficient (Wildman–Crippen LogP) is 1.33. The average Bonchev–Trinajstić information content (AvgIpc) is 2.91. The normalized spacial score (nSPS) is 15.5. The molecule has 1 aliphatic rings. The Hall–Kier alpha value is -1.36. The van der Waals surface area contributed by atoms with Crippen molar-refractivity contribution < 1.29 is 19.1 Å². The largest absolute Gasteiger partial charge is 0.481 e. The van der Waals surface area contributed by atoms with Crippen molar-refractivity contribution in [1.82, 2.24) is 4.98 Å². The van der Waals surface area contributed by atoms with E-state index in [2.05, 4.69) is 4.98 Å². The minimum atomic E-state index is -0.880. The number of carboxylic acid groups (broad SMARTS) is 1. The van der Waals surface area contributed by atoms with Gasteiger partial charge in [-0.3, -0.25) is 4.79 Å². The van der Waals surface area contributed by atoms with Gasteiger partial charge in [-0.2, -0.15) is 0 Å². The Bertz CT molecular complexity index is 367. The number of ether oxygens (including phenoxy) is 1. The summed E-state index contributed by atoms with van der Waals surface area (Å²) in [6, 6.07) is 0. The van der Waals surface area contributed by atoms with Crippen molar-refractivity contribution in [3.05, 3.63) is 17.3 Å². The van der Waals surface area contributed by atoms with E-state index in [1.807, 2.05) is 0 Å². The third kappa shape index (κ3) is 2.36. The molecule has 0 aliphatic heterocycles. The lowest BCUT2D eigenvalue weighted by Gasteiger charge is -1.93. The second kappa shape index (κ2) is 4.02. The van der Waals surface area contributed by atoms with Gasteiger partial charge < -0.3 is 14.3 Å². The first-order chi connectivity index (χ1) is 7.20. The Kier molecular flexibility index (Phi) is 2.73. The van der Waals surface area contributed by atoms with Crippen LogP contribution in [0.5, 0.6) is 0 Å². The van der Waals surface area contributed by atoms with E-state index < -0.39 is 5.97 Å². The summed E-state index contributed by atoms with van der Waals surface area (Å²) >= 11 is 0. The number of aliphatic carboxylic acids is 1. The van der Waals surface area contributed by atoms with Crippen LogP contribution in [0, 0.1) is 0 Å². The quantitative estimate of drug-likeness (QED) is 0.795. The Morgan fingerprint density at radius 3 is 2.93 bits per heavy atom. The molecule has 0 aromatic carbocycles. The van der Waals surface area contributed by atoms with Crippen LogP contribution in [0.3, 0.4) is 0 Å². The lowest BCUT2D eigenvalue weighted by atomic mass is 10.2. The van der Waals surface area contributed by atoms with Crippen LogP contribution in [0.4, 0.5) is 0 Å². The maximum Gasteiger partial charge on any atom is 0.309 e. The van der Waals surface area contributed by atoms with Crippen LogP contribution in [0.2, 0.25) is 0 Å². The monoisotopic (exact) mass is 211 g/mol. The molecule has 1 heterocycles. The number of rotatable bonds is 5. The van der Waals surface area contributed by atoms with Gasteiger partial charge in [0.15, 0.2) is 0 Å². The summed E-state index contributed by atoms with van der Waals surface area (Å²) in [7, 11) is 1.55. The van der Waals surface area contributed by atoms with Crippen molar-refractivity contribution in [3.63, 3.8) is 0 Å². The molecule has 0 bridgehead atoms. The molecule has 1 aliphatic carbocycles. The standard InChI is InChI=1S/C10H13NO4/c1-14-5-8-11-7(4-9(12)13)10(15-8)6-2-3-6/h6H,2-5H2,1H3,(H,12,13). The molecular weight excluding hydrogens is 198 g/mol. The number of aromatic nitrogens is 1. The third-order valence-corrected chi connectivity index (χ3v) is 2.31. The van der Waals surface area contributed by atoms with Gasteiger partial charge in [-0.1, -0.05) is 0 Å². The molecule has 0 amide bonds. The molecular formula is C10H13NO4. The molecule has 0 atom stereocenters. The smallest absolute Gasteiger partial charge is 0.309 e.